The second kappa shape index (κ2) is 4.32. The van der Waals surface area contributed by atoms with Crippen molar-refractivity contribution in [2.75, 3.05) is 0 Å². The number of H-pyrrole nitrogens is 1. The van der Waals surface area contributed by atoms with Crippen LogP contribution >= 0.6 is 0 Å². The fourth-order valence-corrected chi connectivity index (χ4v) is 3.61. The SMILES string of the molecule is Cc1ccc2c3c([nH]c2c1)-c1nc2ccccc2c(=O)n1CC3. The Balaban J connectivity index is 1.90. The first-order valence-electron chi connectivity index (χ1n) is 7.83. The van der Waals surface area contributed by atoms with Crippen molar-refractivity contribution in [1.82, 2.24) is 14.5 Å². The molecule has 0 atom stereocenters. The van der Waals surface area contributed by atoms with Crippen LogP contribution < -0.4 is 5.56 Å². The summed E-state index contributed by atoms with van der Waals surface area (Å²) in [7, 11) is 0. The first-order valence-corrected chi connectivity index (χ1v) is 7.83. The monoisotopic (exact) mass is 301 g/mol. The summed E-state index contributed by atoms with van der Waals surface area (Å²) >= 11 is 0. The lowest BCUT2D eigenvalue weighted by atomic mass is 10.0. The molecule has 0 saturated carbocycles. The van der Waals surface area contributed by atoms with Crippen LogP contribution in [0.15, 0.2) is 47.3 Å². The molecule has 0 radical (unpaired) electrons. The van der Waals surface area contributed by atoms with Crippen molar-refractivity contribution in [3.05, 3.63) is 63.9 Å². The Bertz CT molecular complexity index is 1150. The minimum atomic E-state index is 0.0473. The predicted octanol–water partition coefficient (Wildman–Crippen LogP) is 3.41. The molecule has 0 aliphatic carbocycles. The molecule has 0 amide bonds. The molecule has 0 bridgehead atoms. The van der Waals surface area contributed by atoms with E-state index in [1.165, 1.54) is 16.5 Å². The quantitative estimate of drug-likeness (QED) is 0.541. The van der Waals surface area contributed by atoms with E-state index in [0.29, 0.717) is 11.9 Å². The lowest BCUT2D eigenvalue weighted by Gasteiger charge is -2.18. The summed E-state index contributed by atoms with van der Waals surface area (Å²) in [5, 5.41) is 1.92. The normalized spacial score (nSPS) is 13.3. The van der Waals surface area contributed by atoms with Gasteiger partial charge in [0.1, 0.15) is 0 Å². The van der Waals surface area contributed by atoms with E-state index in [1.807, 2.05) is 24.3 Å². The molecule has 4 nitrogen and oxygen atoms in total. The summed E-state index contributed by atoms with van der Waals surface area (Å²) in [6.45, 7) is 2.77. The van der Waals surface area contributed by atoms with Gasteiger partial charge in [0, 0.05) is 17.4 Å². The van der Waals surface area contributed by atoms with Gasteiger partial charge in [0.15, 0.2) is 5.82 Å². The zero-order valence-corrected chi connectivity index (χ0v) is 12.8. The van der Waals surface area contributed by atoms with Gasteiger partial charge in [0.2, 0.25) is 0 Å². The molecule has 0 spiro atoms. The lowest BCUT2D eigenvalue weighted by Crippen LogP contribution is -2.27. The number of fused-ring (bicyclic) bond motifs is 6. The van der Waals surface area contributed by atoms with E-state index < -0.39 is 0 Å². The van der Waals surface area contributed by atoms with Crippen LogP contribution in [0.5, 0.6) is 0 Å². The summed E-state index contributed by atoms with van der Waals surface area (Å²) in [5.74, 6) is 0.754. The highest BCUT2D eigenvalue weighted by Crippen LogP contribution is 2.33. The Kier molecular flexibility index (Phi) is 2.37. The van der Waals surface area contributed by atoms with Crippen molar-refractivity contribution in [3.8, 4) is 11.5 Å². The average Bonchev–Trinajstić information content (AvgIpc) is 2.93. The number of hydrogen-bond donors (Lipinski definition) is 1. The van der Waals surface area contributed by atoms with Crippen LogP contribution in [0.4, 0.5) is 0 Å². The number of benzene rings is 2. The van der Waals surface area contributed by atoms with Gasteiger partial charge in [0.25, 0.3) is 5.56 Å². The molecule has 1 aliphatic heterocycles. The van der Waals surface area contributed by atoms with Gasteiger partial charge < -0.3 is 4.98 Å². The Morgan fingerprint density at radius 3 is 2.91 bits per heavy atom. The highest BCUT2D eigenvalue weighted by atomic mass is 16.1. The first kappa shape index (κ1) is 12.6. The number of nitrogens with one attached hydrogen (secondary N) is 1. The molecular formula is C19H15N3O. The van der Waals surface area contributed by atoms with E-state index in [0.717, 1.165) is 29.0 Å². The average molecular weight is 301 g/mol. The third-order valence-corrected chi connectivity index (χ3v) is 4.73. The molecule has 0 saturated heterocycles. The van der Waals surface area contributed by atoms with Crippen molar-refractivity contribution in [1.29, 1.82) is 0 Å². The molecule has 5 rings (SSSR count). The van der Waals surface area contributed by atoms with E-state index in [-0.39, 0.29) is 5.56 Å². The van der Waals surface area contributed by atoms with Crippen molar-refractivity contribution in [3.63, 3.8) is 0 Å². The van der Waals surface area contributed by atoms with Gasteiger partial charge >= 0.3 is 0 Å². The van der Waals surface area contributed by atoms with Gasteiger partial charge in [-0.05, 0) is 42.7 Å². The maximum Gasteiger partial charge on any atom is 0.261 e. The number of aryl methyl sites for hydroxylation is 2. The molecule has 1 aliphatic rings. The summed E-state index contributed by atoms with van der Waals surface area (Å²) in [4.78, 5) is 21.0. The predicted molar refractivity (Wildman–Crippen MR) is 91.7 cm³/mol. The van der Waals surface area contributed by atoms with Crippen LogP contribution in [0.25, 0.3) is 33.3 Å². The maximum absolute atomic E-state index is 12.8. The smallest absolute Gasteiger partial charge is 0.261 e. The number of hydrogen-bond acceptors (Lipinski definition) is 2. The van der Waals surface area contributed by atoms with Crippen LogP contribution in [-0.2, 0) is 13.0 Å². The fraction of sp³-hybridized carbons (Fsp3) is 0.158. The molecule has 2 aromatic heterocycles. The largest absolute Gasteiger partial charge is 0.352 e. The van der Waals surface area contributed by atoms with E-state index >= 15 is 0 Å². The zero-order chi connectivity index (χ0) is 15.6. The molecule has 112 valence electrons. The standard InChI is InChI=1S/C19H15N3O/c1-11-6-7-12-13-8-9-22-18(17(13)20-16(12)10-11)21-15-5-3-2-4-14(15)19(22)23/h2-7,10,20H,8-9H2,1H3. The minimum absolute atomic E-state index is 0.0473. The second-order valence-corrected chi connectivity index (χ2v) is 6.19. The van der Waals surface area contributed by atoms with E-state index in [2.05, 4.69) is 30.1 Å². The number of nitrogens with zero attached hydrogens (tertiary/aromatic N) is 2. The number of para-hydroxylation sites is 1. The van der Waals surface area contributed by atoms with Crippen LogP contribution in [0, 0.1) is 6.92 Å². The Hall–Kier alpha value is -2.88. The van der Waals surface area contributed by atoms with Gasteiger partial charge in [-0.15, -0.1) is 0 Å². The van der Waals surface area contributed by atoms with Crippen LogP contribution in [0.3, 0.4) is 0 Å². The first-order chi connectivity index (χ1) is 11.2. The number of aromatic nitrogens is 3. The van der Waals surface area contributed by atoms with Gasteiger partial charge in [-0.1, -0.05) is 24.3 Å². The van der Waals surface area contributed by atoms with E-state index in [4.69, 9.17) is 4.98 Å². The molecule has 0 fully saturated rings. The molecule has 1 N–H and O–H groups in total. The fourth-order valence-electron chi connectivity index (χ4n) is 3.61. The summed E-state index contributed by atoms with van der Waals surface area (Å²) in [5.41, 5.74) is 5.39. The van der Waals surface area contributed by atoms with Crippen LogP contribution in [0.2, 0.25) is 0 Å². The van der Waals surface area contributed by atoms with Gasteiger partial charge in [-0.3, -0.25) is 9.36 Å². The van der Waals surface area contributed by atoms with Gasteiger partial charge in [-0.25, -0.2) is 4.98 Å². The van der Waals surface area contributed by atoms with Gasteiger partial charge in [-0.2, -0.15) is 0 Å². The topological polar surface area (TPSA) is 50.7 Å². The van der Waals surface area contributed by atoms with Gasteiger partial charge in [0.05, 0.1) is 16.6 Å². The Morgan fingerprint density at radius 2 is 2.00 bits per heavy atom. The Morgan fingerprint density at radius 1 is 1.13 bits per heavy atom. The third kappa shape index (κ3) is 1.66. The lowest BCUT2D eigenvalue weighted by molar-refractivity contribution is 0.653. The van der Waals surface area contributed by atoms with Crippen LogP contribution in [0.1, 0.15) is 11.1 Å². The molecule has 0 unspecified atom stereocenters. The molecule has 3 heterocycles. The van der Waals surface area contributed by atoms with Crippen molar-refractivity contribution in [2.45, 2.75) is 19.9 Å². The van der Waals surface area contributed by atoms with E-state index in [1.54, 1.807) is 4.57 Å². The van der Waals surface area contributed by atoms with Crippen molar-refractivity contribution >= 4 is 21.8 Å². The van der Waals surface area contributed by atoms with Crippen molar-refractivity contribution < 1.29 is 0 Å². The summed E-state index contributed by atoms with van der Waals surface area (Å²) in [6.07, 6.45) is 0.853. The minimum Gasteiger partial charge on any atom is -0.352 e. The molecule has 2 aromatic carbocycles. The molecule has 23 heavy (non-hydrogen) atoms. The molecule has 4 aromatic rings. The number of aromatic amines is 1. The third-order valence-electron chi connectivity index (χ3n) is 4.73. The zero-order valence-electron chi connectivity index (χ0n) is 12.8. The summed E-state index contributed by atoms with van der Waals surface area (Å²) in [6, 6.07) is 14.0. The Labute approximate surface area is 132 Å². The highest BCUT2D eigenvalue weighted by Gasteiger charge is 2.23. The number of rotatable bonds is 0. The van der Waals surface area contributed by atoms with Crippen molar-refractivity contribution in [2.24, 2.45) is 0 Å². The molecular weight excluding hydrogens is 286 g/mol. The van der Waals surface area contributed by atoms with E-state index in [9.17, 15) is 4.79 Å². The second-order valence-electron chi connectivity index (χ2n) is 6.19. The highest BCUT2D eigenvalue weighted by molar-refractivity contribution is 5.91. The van der Waals surface area contributed by atoms with Crippen LogP contribution in [-0.4, -0.2) is 14.5 Å². The molecule has 4 heteroatoms. The maximum atomic E-state index is 12.8. The summed E-state index contributed by atoms with van der Waals surface area (Å²) < 4.78 is 1.80.